The van der Waals surface area contributed by atoms with Gasteiger partial charge in [0.1, 0.15) is 11.0 Å². The van der Waals surface area contributed by atoms with E-state index in [4.69, 9.17) is 23.2 Å². The van der Waals surface area contributed by atoms with Crippen LogP contribution in [0.2, 0.25) is 10.4 Å². The number of aromatic nitrogens is 3. The molecule has 6 heteroatoms. The van der Waals surface area contributed by atoms with Crippen molar-refractivity contribution in [2.24, 2.45) is 0 Å². The Hall–Kier alpha value is -1.78. The minimum absolute atomic E-state index is 0.165. The lowest BCUT2D eigenvalue weighted by molar-refractivity contribution is 0.605. The van der Waals surface area contributed by atoms with Crippen LogP contribution in [0, 0.1) is 0 Å². The first kappa shape index (κ1) is 13.9. The van der Waals surface area contributed by atoms with E-state index in [-0.39, 0.29) is 5.28 Å². The smallest absolute Gasteiger partial charge is 0.225 e. The van der Waals surface area contributed by atoms with Crippen molar-refractivity contribution >= 4 is 39.9 Å². The fraction of sp³-hybridized carbons (Fsp3) is 0.250. The maximum atomic E-state index is 5.93. The molecule has 0 amide bonds. The molecule has 1 atom stereocenters. The Morgan fingerprint density at radius 3 is 2.91 bits per heavy atom. The monoisotopic (exact) mass is 332 g/mol. The van der Waals surface area contributed by atoms with Gasteiger partial charge in [-0.05, 0) is 42.5 Å². The molecule has 1 aliphatic rings. The van der Waals surface area contributed by atoms with Crippen molar-refractivity contribution < 1.29 is 0 Å². The number of H-pyrrole nitrogens is 1. The van der Waals surface area contributed by atoms with Crippen LogP contribution in [0.25, 0.3) is 10.9 Å². The molecule has 3 aromatic rings. The molecule has 22 heavy (non-hydrogen) atoms. The molecule has 2 heterocycles. The normalized spacial score (nSPS) is 17.5. The second-order valence-electron chi connectivity index (χ2n) is 5.56. The molecular weight excluding hydrogens is 319 g/mol. The van der Waals surface area contributed by atoms with Crippen LogP contribution in [0.3, 0.4) is 0 Å². The summed E-state index contributed by atoms with van der Waals surface area (Å²) in [6, 6.07) is 10.5. The molecule has 2 aromatic heterocycles. The third-order valence-electron chi connectivity index (χ3n) is 4.11. The number of rotatable bonds is 2. The molecule has 1 aliphatic carbocycles. The molecule has 1 aromatic carbocycles. The number of para-hydroxylation sites is 1. The Bertz CT molecular complexity index is 823. The number of nitrogens with one attached hydrogen (secondary N) is 2. The van der Waals surface area contributed by atoms with Crippen molar-refractivity contribution in [3.8, 4) is 0 Å². The van der Waals surface area contributed by atoms with E-state index in [0.717, 1.165) is 19.3 Å². The average Bonchev–Trinajstić information content (AvgIpc) is 2.84. The molecule has 2 N–H and O–H groups in total. The first-order valence-corrected chi connectivity index (χ1v) is 8.00. The summed E-state index contributed by atoms with van der Waals surface area (Å²) in [6.45, 7) is 0. The van der Waals surface area contributed by atoms with Crippen LogP contribution in [0.1, 0.15) is 17.7 Å². The molecule has 4 nitrogen and oxygen atoms in total. The predicted octanol–water partition coefficient (Wildman–Crippen LogP) is 4.23. The standard InChI is InChI=1S/C16H14Cl2N4/c17-14-8-15(22-16(18)21-14)19-9-5-6-13-11(7-9)10-3-1-2-4-12(10)20-13/h1-4,8-9,20H,5-7H2,(H,19,21,22)/t9-/m1/s1. The highest BCUT2D eigenvalue weighted by atomic mass is 35.5. The van der Waals surface area contributed by atoms with Gasteiger partial charge in [0.2, 0.25) is 5.28 Å². The van der Waals surface area contributed by atoms with Gasteiger partial charge in [0.25, 0.3) is 0 Å². The van der Waals surface area contributed by atoms with E-state index in [9.17, 15) is 0 Å². The number of aromatic amines is 1. The lowest BCUT2D eigenvalue weighted by Crippen LogP contribution is -2.27. The Morgan fingerprint density at radius 2 is 2.05 bits per heavy atom. The highest BCUT2D eigenvalue weighted by Gasteiger charge is 2.22. The molecule has 0 unspecified atom stereocenters. The van der Waals surface area contributed by atoms with E-state index < -0.39 is 0 Å². The summed E-state index contributed by atoms with van der Waals surface area (Å²) in [5, 5.41) is 5.25. The highest BCUT2D eigenvalue weighted by Crippen LogP contribution is 2.30. The van der Waals surface area contributed by atoms with Crippen LogP contribution < -0.4 is 5.32 Å². The van der Waals surface area contributed by atoms with Gasteiger partial charge < -0.3 is 10.3 Å². The summed E-state index contributed by atoms with van der Waals surface area (Å²) in [6.07, 6.45) is 3.02. The molecular formula is C16H14Cl2N4. The number of halogens is 2. The quantitative estimate of drug-likeness (QED) is 0.545. The zero-order valence-corrected chi connectivity index (χ0v) is 13.2. The predicted molar refractivity (Wildman–Crippen MR) is 89.8 cm³/mol. The van der Waals surface area contributed by atoms with Gasteiger partial charge in [0.05, 0.1) is 0 Å². The van der Waals surface area contributed by atoms with E-state index >= 15 is 0 Å². The maximum Gasteiger partial charge on any atom is 0.225 e. The van der Waals surface area contributed by atoms with Crippen LogP contribution in [0.4, 0.5) is 5.82 Å². The van der Waals surface area contributed by atoms with E-state index in [1.165, 1.54) is 22.2 Å². The fourth-order valence-electron chi connectivity index (χ4n) is 3.17. The lowest BCUT2D eigenvalue weighted by atomic mass is 9.91. The molecule has 0 spiro atoms. The van der Waals surface area contributed by atoms with Crippen molar-refractivity contribution in [2.45, 2.75) is 25.3 Å². The molecule has 0 fully saturated rings. The van der Waals surface area contributed by atoms with Gasteiger partial charge in [0.15, 0.2) is 0 Å². The summed E-state index contributed by atoms with van der Waals surface area (Å²) < 4.78 is 0. The number of anilines is 1. The Balaban J connectivity index is 1.61. The number of hydrogen-bond acceptors (Lipinski definition) is 3. The van der Waals surface area contributed by atoms with Crippen molar-refractivity contribution in [1.29, 1.82) is 0 Å². The van der Waals surface area contributed by atoms with E-state index in [2.05, 4.69) is 44.5 Å². The number of hydrogen-bond donors (Lipinski definition) is 2. The largest absolute Gasteiger partial charge is 0.367 e. The first-order chi connectivity index (χ1) is 10.7. The van der Waals surface area contributed by atoms with Gasteiger partial charge in [-0.2, -0.15) is 0 Å². The maximum absolute atomic E-state index is 5.93. The third kappa shape index (κ3) is 2.53. The van der Waals surface area contributed by atoms with Gasteiger partial charge in [-0.25, -0.2) is 9.97 Å². The number of fused-ring (bicyclic) bond motifs is 3. The minimum Gasteiger partial charge on any atom is -0.367 e. The third-order valence-corrected chi connectivity index (χ3v) is 4.48. The summed E-state index contributed by atoms with van der Waals surface area (Å²) >= 11 is 11.8. The van der Waals surface area contributed by atoms with Crippen LogP contribution in [-0.4, -0.2) is 21.0 Å². The number of aryl methyl sites for hydroxylation is 1. The Morgan fingerprint density at radius 1 is 1.18 bits per heavy atom. The number of nitrogens with zero attached hydrogens (tertiary/aromatic N) is 2. The van der Waals surface area contributed by atoms with Crippen LogP contribution in [0.15, 0.2) is 30.3 Å². The minimum atomic E-state index is 0.165. The van der Waals surface area contributed by atoms with Gasteiger partial charge in [-0.3, -0.25) is 0 Å². The summed E-state index contributed by atoms with van der Waals surface area (Å²) in [5.41, 5.74) is 3.95. The second-order valence-corrected chi connectivity index (χ2v) is 6.28. The lowest BCUT2D eigenvalue weighted by Gasteiger charge is -2.24. The fourth-order valence-corrected chi connectivity index (χ4v) is 3.57. The van der Waals surface area contributed by atoms with Gasteiger partial charge in [0, 0.05) is 28.7 Å². The van der Waals surface area contributed by atoms with E-state index in [1.807, 2.05) is 0 Å². The van der Waals surface area contributed by atoms with Crippen molar-refractivity contribution in [1.82, 2.24) is 15.0 Å². The van der Waals surface area contributed by atoms with Crippen LogP contribution >= 0.6 is 23.2 Å². The van der Waals surface area contributed by atoms with Gasteiger partial charge >= 0.3 is 0 Å². The molecule has 4 rings (SSSR count). The molecule has 0 bridgehead atoms. The highest BCUT2D eigenvalue weighted by molar-refractivity contribution is 6.32. The van der Waals surface area contributed by atoms with Gasteiger partial charge in [-0.15, -0.1) is 0 Å². The number of benzene rings is 1. The Kier molecular flexibility index (Phi) is 3.43. The topological polar surface area (TPSA) is 53.6 Å². The van der Waals surface area contributed by atoms with Crippen molar-refractivity contribution in [3.63, 3.8) is 0 Å². The zero-order valence-electron chi connectivity index (χ0n) is 11.7. The molecule has 0 saturated carbocycles. The zero-order chi connectivity index (χ0) is 15.1. The summed E-state index contributed by atoms with van der Waals surface area (Å²) in [4.78, 5) is 11.6. The average molecular weight is 333 g/mol. The molecule has 0 saturated heterocycles. The SMILES string of the molecule is Clc1cc(N[C@@H]2CCc3[nH]c4ccccc4c3C2)nc(Cl)n1. The van der Waals surface area contributed by atoms with Crippen LogP contribution in [-0.2, 0) is 12.8 Å². The molecule has 0 aliphatic heterocycles. The Labute approximate surface area is 137 Å². The van der Waals surface area contributed by atoms with E-state index in [1.54, 1.807) is 6.07 Å². The molecule has 112 valence electrons. The summed E-state index contributed by atoms with van der Waals surface area (Å²) in [5.74, 6) is 0.679. The molecule has 0 radical (unpaired) electrons. The van der Waals surface area contributed by atoms with Crippen molar-refractivity contribution in [3.05, 3.63) is 52.0 Å². The first-order valence-electron chi connectivity index (χ1n) is 7.24. The summed E-state index contributed by atoms with van der Waals surface area (Å²) in [7, 11) is 0. The van der Waals surface area contributed by atoms with Gasteiger partial charge in [-0.1, -0.05) is 29.8 Å². The van der Waals surface area contributed by atoms with Crippen molar-refractivity contribution in [2.75, 3.05) is 5.32 Å². The van der Waals surface area contributed by atoms with Crippen LogP contribution in [0.5, 0.6) is 0 Å². The second kappa shape index (κ2) is 5.45. The van der Waals surface area contributed by atoms with E-state index in [0.29, 0.717) is 17.0 Å².